The maximum Gasteiger partial charge on any atom is 0.255 e. The molecule has 36 heavy (non-hydrogen) atoms. The van der Waals surface area contributed by atoms with Crippen LogP contribution in [0.2, 0.25) is 15.1 Å². The SMILES string of the molecule is O=C(c1cccc(CNc2n[nH]c3ccc(Cl)cc23)c1)N1CCN(C(=O)c2ccc(Cl)cc2Cl)CC1. The van der Waals surface area contributed by atoms with Crippen LogP contribution in [0.5, 0.6) is 0 Å². The quantitative estimate of drug-likeness (QED) is 0.337. The number of H-pyrrole nitrogens is 1. The number of hydrogen-bond acceptors (Lipinski definition) is 4. The normalized spacial score (nSPS) is 13.8. The van der Waals surface area contributed by atoms with Crippen LogP contribution in [-0.2, 0) is 6.54 Å². The summed E-state index contributed by atoms with van der Waals surface area (Å²) in [6.45, 7) is 2.24. The molecule has 5 rings (SSSR count). The standard InChI is InChI=1S/C26H22Cl3N5O2/c27-18-5-7-23-21(13-18)24(32-31-23)30-15-16-2-1-3-17(12-16)25(35)33-8-10-34(11-9-33)26(36)20-6-4-19(28)14-22(20)29/h1-7,12-14H,8-11,15H2,(H2,30,31,32). The van der Waals surface area contributed by atoms with Gasteiger partial charge in [0.25, 0.3) is 11.8 Å². The molecule has 1 aliphatic heterocycles. The Hall–Kier alpha value is -3.26. The molecule has 2 amide bonds. The minimum Gasteiger partial charge on any atom is -0.364 e. The van der Waals surface area contributed by atoms with Gasteiger partial charge in [-0.15, -0.1) is 0 Å². The predicted molar refractivity (Wildman–Crippen MR) is 143 cm³/mol. The van der Waals surface area contributed by atoms with Crippen LogP contribution in [0.15, 0.2) is 60.7 Å². The number of rotatable bonds is 5. The van der Waals surface area contributed by atoms with Gasteiger partial charge in [-0.1, -0.05) is 46.9 Å². The van der Waals surface area contributed by atoms with Gasteiger partial charge in [0.1, 0.15) is 0 Å². The Balaban J connectivity index is 1.21. The molecule has 0 spiro atoms. The van der Waals surface area contributed by atoms with Gasteiger partial charge in [-0.05, 0) is 54.1 Å². The lowest BCUT2D eigenvalue weighted by atomic mass is 10.1. The van der Waals surface area contributed by atoms with Gasteiger partial charge in [-0.3, -0.25) is 14.7 Å². The summed E-state index contributed by atoms with van der Waals surface area (Å²) in [6, 6.07) is 17.9. The highest BCUT2D eigenvalue weighted by atomic mass is 35.5. The predicted octanol–water partition coefficient (Wildman–Crippen LogP) is 5.73. The van der Waals surface area contributed by atoms with Gasteiger partial charge in [0.05, 0.1) is 16.1 Å². The number of halogens is 3. The van der Waals surface area contributed by atoms with Crippen LogP contribution < -0.4 is 5.32 Å². The van der Waals surface area contributed by atoms with Gasteiger partial charge in [0.2, 0.25) is 0 Å². The molecule has 0 aliphatic carbocycles. The Labute approximate surface area is 222 Å². The number of aromatic nitrogens is 2. The number of amides is 2. The zero-order valence-electron chi connectivity index (χ0n) is 19.1. The maximum atomic E-state index is 13.2. The zero-order chi connectivity index (χ0) is 25.2. The van der Waals surface area contributed by atoms with Crippen LogP contribution in [0.1, 0.15) is 26.3 Å². The van der Waals surface area contributed by atoms with Crippen molar-refractivity contribution in [2.45, 2.75) is 6.54 Å². The van der Waals surface area contributed by atoms with E-state index in [2.05, 4.69) is 15.5 Å². The second-order valence-electron chi connectivity index (χ2n) is 8.52. The van der Waals surface area contributed by atoms with E-state index in [1.54, 1.807) is 34.1 Å². The van der Waals surface area contributed by atoms with Crippen molar-refractivity contribution in [2.24, 2.45) is 0 Å². The number of benzene rings is 3. The zero-order valence-corrected chi connectivity index (χ0v) is 21.4. The molecule has 1 aromatic heterocycles. The van der Waals surface area contributed by atoms with Gasteiger partial charge >= 0.3 is 0 Å². The molecular formula is C26H22Cl3N5O2. The van der Waals surface area contributed by atoms with Crippen LogP contribution in [0.4, 0.5) is 5.82 Å². The van der Waals surface area contributed by atoms with Gasteiger partial charge < -0.3 is 15.1 Å². The molecule has 3 aromatic carbocycles. The van der Waals surface area contributed by atoms with E-state index in [4.69, 9.17) is 34.8 Å². The Morgan fingerprint density at radius 1 is 0.861 bits per heavy atom. The molecule has 0 bridgehead atoms. The molecule has 2 N–H and O–H groups in total. The highest BCUT2D eigenvalue weighted by Gasteiger charge is 2.26. The van der Waals surface area contributed by atoms with E-state index < -0.39 is 0 Å². The first kappa shape index (κ1) is 24.4. The first-order valence-electron chi connectivity index (χ1n) is 11.4. The van der Waals surface area contributed by atoms with Crippen molar-refractivity contribution in [1.29, 1.82) is 0 Å². The fourth-order valence-electron chi connectivity index (χ4n) is 4.25. The fraction of sp³-hybridized carbons (Fsp3) is 0.192. The summed E-state index contributed by atoms with van der Waals surface area (Å²) in [5.41, 5.74) is 2.85. The first-order valence-corrected chi connectivity index (χ1v) is 12.5. The smallest absolute Gasteiger partial charge is 0.255 e. The van der Waals surface area contributed by atoms with Crippen molar-refractivity contribution >= 4 is 63.3 Å². The number of nitrogens with one attached hydrogen (secondary N) is 2. The molecule has 0 atom stereocenters. The second kappa shape index (κ2) is 10.4. The molecule has 1 saturated heterocycles. The number of nitrogens with zero attached hydrogens (tertiary/aromatic N) is 3. The van der Waals surface area contributed by atoms with Crippen LogP contribution in [0.3, 0.4) is 0 Å². The van der Waals surface area contributed by atoms with E-state index in [9.17, 15) is 9.59 Å². The number of hydrogen-bond donors (Lipinski definition) is 2. The number of fused-ring (bicyclic) bond motifs is 1. The summed E-state index contributed by atoms with van der Waals surface area (Å²) in [6.07, 6.45) is 0. The summed E-state index contributed by atoms with van der Waals surface area (Å²) >= 11 is 18.3. The molecule has 7 nitrogen and oxygen atoms in total. The van der Waals surface area contributed by atoms with Crippen molar-refractivity contribution in [3.63, 3.8) is 0 Å². The van der Waals surface area contributed by atoms with E-state index in [0.29, 0.717) is 64.7 Å². The van der Waals surface area contributed by atoms with E-state index >= 15 is 0 Å². The average Bonchev–Trinajstić information content (AvgIpc) is 3.29. The van der Waals surface area contributed by atoms with E-state index in [1.165, 1.54) is 0 Å². The third-order valence-corrected chi connectivity index (χ3v) is 6.96. The highest BCUT2D eigenvalue weighted by molar-refractivity contribution is 6.36. The van der Waals surface area contributed by atoms with E-state index in [-0.39, 0.29) is 11.8 Å². The van der Waals surface area contributed by atoms with Crippen molar-refractivity contribution in [3.8, 4) is 0 Å². The topological polar surface area (TPSA) is 81.3 Å². The largest absolute Gasteiger partial charge is 0.364 e. The van der Waals surface area contributed by atoms with Gasteiger partial charge in [0.15, 0.2) is 5.82 Å². The Kier molecular flexibility index (Phi) is 7.05. The van der Waals surface area contributed by atoms with Crippen LogP contribution in [0.25, 0.3) is 10.9 Å². The van der Waals surface area contributed by atoms with Gasteiger partial charge in [0, 0.05) is 53.7 Å². The van der Waals surface area contributed by atoms with Crippen LogP contribution >= 0.6 is 34.8 Å². The van der Waals surface area contributed by atoms with Gasteiger partial charge in [-0.2, -0.15) is 5.10 Å². The summed E-state index contributed by atoms with van der Waals surface area (Å²) < 4.78 is 0. The van der Waals surface area contributed by atoms with Gasteiger partial charge in [-0.25, -0.2) is 0 Å². The molecule has 2 heterocycles. The monoisotopic (exact) mass is 541 g/mol. The number of piperazine rings is 1. The summed E-state index contributed by atoms with van der Waals surface area (Å²) in [5, 5.41) is 12.9. The molecule has 10 heteroatoms. The second-order valence-corrected chi connectivity index (χ2v) is 9.80. The maximum absolute atomic E-state index is 13.2. The lowest BCUT2D eigenvalue weighted by Crippen LogP contribution is -2.50. The highest BCUT2D eigenvalue weighted by Crippen LogP contribution is 2.25. The Bertz CT molecular complexity index is 1450. The fourth-order valence-corrected chi connectivity index (χ4v) is 4.91. The average molecular weight is 543 g/mol. The number of anilines is 1. The molecule has 184 valence electrons. The minimum absolute atomic E-state index is 0.0644. The van der Waals surface area contributed by atoms with E-state index in [1.807, 2.05) is 36.4 Å². The lowest BCUT2D eigenvalue weighted by Gasteiger charge is -2.35. The summed E-state index contributed by atoms with van der Waals surface area (Å²) in [5.74, 6) is 0.472. The van der Waals surface area contributed by atoms with Crippen LogP contribution in [-0.4, -0.2) is 58.0 Å². The van der Waals surface area contributed by atoms with Crippen molar-refractivity contribution in [3.05, 3.63) is 92.4 Å². The first-order chi connectivity index (χ1) is 17.4. The summed E-state index contributed by atoms with van der Waals surface area (Å²) in [7, 11) is 0. The summed E-state index contributed by atoms with van der Waals surface area (Å²) in [4.78, 5) is 29.5. The molecule has 0 radical (unpaired) electrons. The number of aromatic amines is 1. The Morgan fingerprint density at radius 2 is 1.56 bits per heavy atom. The molecule has 0 saturated carbocycles. The van der Waals surface area contributed by atoms with Crippen molar-refractivity contribution < 1.29 is 9.59 Å². The lowest BCUT2D eigenvalue weighted by molar-refractivity contribution is 0.0535. The molecular weight excluding hydrogens is 521 g/mol. The van der Waals surface area contributed by atoms with Crippen LogP contribution in [0, 0.1) is 0 Å². The van der Waals surface area contributed by atoms with Crippen molar-refractivity contribution in [1.82, 2.24) is 20.0 Å². The molecule has 0 unspecified atom stereocenters. The van der Waals surface area contributed by atoms with E-state index in [0.717, 1.165) is 16.5 Å². The number of carbonyl (C=O) groups excluding carboxylic acids is 2. The minimum atomic E-state index is -0.163. The molecule has 1 fully saturated rings. The molecule has 4 aromatic rings. The molecule has 1 aliphatic rings. The number of carbonyl (C=O) groups is 2. The third-order valence-electron chi connectivity index (χ3n) is 6.17. The Morgan fingerprint density at radius 3 is 2.31 bits per heavy atom. The van der Waals surface area contributed by atoms with Crippen molar-refractivity contribution in [2.75, 3.05) is 31.5 Å². The third kappa shape index (κ3) is 5.14.